The fourth-order valence-corrected chi connectivity index (χ4v) is 2.81. The van der Waals surface area contributed by atoms with Gasteiger partial charge in [-0.25, -0.2) is 4.79 Å². The Balaban J connectivity index is 1.93. The van der Waals surface area contributed by atoms with E-state index in [4.69, 9.17) is 9.84 Å². The summed E-state index contributed by atoms with van der Waals surface area (Å²) in [5, 5.41) is 12.5. The zero-order valence-electron chi connectivity index (χ0n) is 12.0. The average Bonchev–Trinajstić information content (AvgIpc) is 2.47. The van der Waals surface area contributed by atoms with Gasteiger partial charge in [-0.3, -0.25) is 0 Å². The number of hydrogen-bond acceptors (Lipinski definition) is 3. The molecule has 2 atom stereocenters. The number of rotatable bonds is 6. The number of aromatic carboxylic acids is 1. The van der Waals surface area contributed by atoms with Crippen molar-refractivity contribution >= 4 is 5.97 Å². The molecule has 1 aromatic carbocycles. The minimum absolute atomic E-state index is 0.288. The van der Waals surface area contributed by atoms with Crippen molar-refractivity contribution in [1.82, 2.24) is 5.32 Å². The first-order valence-electron chi connectivity index (χ1n) is 7.38. The van der Waals surface area contributed by atoms with Crippen LogP contribution in [0.4, 0.5) is 0 Å². The highest BCUT2D eigenvalue weighted by molar-refractivity contribution is 5.87. The van der Waals surface area contributed by atoms with Crippen LogP contribution in [0.2, 0.25) is 0 Å². The van der Waals surface area contributed by atoms with Gasteiger partial charge in [-0.05, 0) is 37.5 Å². The molecule has 4 heteroatoms. The maximum absolute atomic E-state index is 11.0. The lowest BCUT2D eigenvalue weighted by molar-refractivity contribution is 0.0118. The number of carboxylic acid groups (broad SMARTS) is 1. The van der Waals surface area contributed by atoms with Crippen LogP contribution in [0.15, 0.2) is 24.3 Å². The summed E-state index contributed by atoms with van der Waals surface area (Å²) < 4.78 is 5.79. The van der Waals surface area contributed by atoms with Crippen LogP contribution >= 0.6 is 0 Å². The van der Waals surface area contributed by atoms with E-state index >= 15 is 0 Å². The van der Waals surface area contributed by atoms with E-state index in [-0.39, 0.29) is 6.10 Å². The smallest absolute Gasteiger partial charge is 0.335 e. The average molecular weight is 277 g/mol. The summed E-state index contributed by atoms with van der Waals surface area (Å²) >= 11 is 0. The van der Waals surface area contributed by atoms with Crippen molar-refractivity contribution in [3.8, 4) is 0 Å². The van der Waals surface area contributed by atoms with Crippen LogP contribution < -0.4 is 5.32 Å². The minimum Gasteiger partial charge on any atom is -0.478 e. The maximum atomic E-state index is 11.0. The molecule has 0 aromatic heterocycles. The zero-order chi connectivity index (χ0) is 14.4. The molecule has 0 spiro atoms. The summed E-state index contributed by atoms with van der Waals surface area (Å²) in [4.78, 5) is 11.0. The molecule has 0 radical (unpaired) electrons. The van der Waals surface area contributed by atoms with Gasteiger partial charge >= 0.3 is 5.97 Å². The predicted molar refractivity (Wildman–Crippen MR) is 77.9 cm³/mol. The maximum Gasteiger partial charge on any atom is 0.335 e. The molecule has 0 amide bonds. The molecule has 0 unspecified atom stereocenters. The van der Waals surface area contributed by atoms with Gasteiger partial charge in [0.1, 0.15) is 0 Å². The summed E-state index contributed by atoms with van der Waals surface area (Å²) in [5.41, 5.74) is 1.35. The molecule has 0 saturated heterocycles. The van der Waals surface area contributed by atoms with Crippen LogP contribution in [0.3, 0.4) is 0 Å². The Labute approximate surface area is 120 Å². The predicted octanol–water partition coefficient (Wildman–Crippen LogP) is 2.82. The molecule has 2 N–H and O–H groups in total. The lowest BCUT2D eigenvalue weighted by Gasteiger charge is -2.32. The first kappa shape index (κ1) is 15.0. The van der Waals surface area contributed by atoms with E-state index in [2.05, 4.69) is 5.32 Å². The Morgan fingerprint density at radius 3 is 2.95 bits per heavy atom. The van der Waals surface area contributed by atoms with Gasteiger partial charge in [0.05, 0.1) is 11.7 Å². The van der Waals surface area contributed by atoms with Crippen LogP contribution in [-0.2, 0) is 11.3 Å². The molecule has 110 valence electrons. The van der Waals surface area contributed by atoms with Gasteiger partial charge in [-0.15, -0.1) is 0 Å². The Morgan fingerprint density at radius 2 is 2.20 bits per heavy atom. The Morgan fingerprint density at radius 1 is 1.40 bits per heavy atom. The standard InChI is InChI=1S/C16H23NO3/c1-2-20-15-9-4-3-8-14(15)17-11-12-6-5-7-13(10-12)16(18)19/h5-7,10,14-15,17H,2-4,8-9,11H2,1H3,(H,18,19)/t14-,15-/m1/s1. The second-order valence-electron chi connectivity index (χ2n) is 5.27. The highest BCUT2D eigenvalue weighted by atomic mass is 16.5. The molecule has 1 saturated carbocycles. The molecule has 0 heterocycles. The molecule has 4 nitrogen and oxygen atoms in total. The molecule has 0 aliphatic heterocycles. The van der Waals surface area contributed by atoms with E-state index in [9.17, 15) is 4.79 Å². The molecule has 1 fully saturated rings. The van der Waals surface area contributed by atoms with Crippen LogP contribution in [0.1, 0.15) is 48.5 Å². The molecular weight excluding hydrogens is 254 g/mol. The molecule has 1 aromatic rings. The normalized spacial score (nSPS) is 22.6. The Kier molecular flexibility index (Phi) is 5.56. The van der Waals surface area contributed by atoms with E-state index in [0.29, 0.717) is 18.2 Å². The van der Waals surface area contributed by atoms with Gasteiger partial charge in [0.15, 0.2) is 0 Å². The zero-order valence-corrected chi connectivity index (χ0v) is 12.0. The third kappa shape index (κ3) is 4.05. The second-order valence-corrected chi connectivity index (χ2v) is 5.27. The lowest BCUT2D eigenvalue weighted by Crippen LogP contribution is -2.43. The number of carbonyl (C=O) groups is 1. The highest BCUT2D eigenvalue weighted by Crippen LogP contribution is 2.21. The van der Waals surface area contributed by atoms with Gasteiger partial charge in [0.2, 0.25) is 0 Å². The molecule has 1 aliphatic carbocycles. The molecule has 1 aliphatic rings. The summed E-state index contributed by atoms with van der Waals surface area (Å²) in [7, 11) is 0. The van der Waals surface area contributed by atoms with Crippen LogP contribution in [0, 0.1) is 0 Å². The molecular formula is C16H23NO3. The summed E-state index contributed by atoms with van der Waals surface area (Å²) in [6.45, 7) is 3.47. The van der Waals surface area contributed by atoms with E-state index < -0.39 is 5.97 Å². The van der Waals surface area contributed by atoms with Gasteiger partial charge < -0.3 is 15.2 Å². The van der Waals surface area contributed by atoms with Crippen molar-refractivity contribution in [2.45, 2.75) is 51.3 Å². The van der Waals surface area contributed by atoms with Crippen molar-refractivity contribution in [2.24, 2.45) is 0 Å². The van der Waals surface area contributed by atoms with Crippen molar-refractivity contribution in [1.29, 1.82) is 0 Å². The fourth-order valence-electron chi connectivity index (χ4n) is 2.81. The van der Waals surface area contributed by atoms with E-state index in [1.807, 2.05) is 13.0 Å². The van der Waals surface area contributed by atoms with Gasteiger partial charge in [0.25, 0.3) is 0 Å². The van der Waals surface area contributed by atoms with Crippen molar-refractivity contribution in [3.63, 3.8) is 0 Å². The van der Waals surface area contributed by atoms with Crippen LogP contribution in [0.5, 0.6) is 0 Å². The quantitative estimate of drug-likeness (QED) is 0.839. The van der Waals surface area contributed by atoms with Crippen molar-refractivity contribution in [3.05, 3.63) is 35.4 Å². The van der Waals surface area contributed by atoms with Crippen molar-refractivity contribution in [2.75, 3.05) is 6.61 Å². The number of ether oxygens (including phenoxy) is 1. The Bertz CT molecular complexity index is 445. The van der Waals surface area contributed by atoms with E-state index in [1.54, 1.807) is 18.2 Å². The van der Waals surface area contributed by atoms with Crippen molar-refractivity contribution < 1.29 is 14.6 Å². The van der Waals surface area contributed by atoms with Gasteiger partial charge in [-0.1, -0.05) is 25.0 Å². The number of benzene rings is 1. The van der Waals surface area contributed by atoms with Crippen LogP contribution in [0.25, 0.3) is 0 Å². The first-order chi connectivity index (χ1) is 9.70. The Hall–Kier alpha value is -1.39. The number of hydrogen-bond donors (Lipinski definition) is 2. The molecule has 0 bridgehead atoms. The molecule has 2 rings (SSSR count). The van der Waals surface area contributed by atoms with Gasteiger partial charge in [0, 0.05) is 19.2 Å². The summed E-state index contributed by atoms with van der Waals surface area (Å²) in [6.07, 6.45) is 4.99. The number of nitrogens with one attached hydrogen (secondary N) is 1. The topological polar surface area (TPSA) is 58.6 Å². The third-order valence-corrected chi connectivity index (χ3v) is 3.83. The number of carboxylic acids is 1. The molecule has 20 heavy (non-hydrogen) atoms. The largest absolute Gasteiger partial charge is 0.478 e. The monoisotopic (exact) mass is 277 g/mol. The first-order valence-corrected chi connectivity index (χ1v) is 7.38. The van der Waals surface area contributed by atoms with Gasteiger partial charge in [-0.2, -0.15) is 0 Å². The fraction of sp³-hybridized carbons (Fsp3) is 0.562. The second kappa shape index (κ2) is 7.41. The summed E-state index contributed by atoms with van der Waals surface area (Å²) in [6, 6.07) is 7.47. The van der Waals surface area contributed by atoms with E-state index in [0.717, 1.165) is 25.0 Å². The SMILES string of the molecule is CCO[C@@H]1CCCC[C@H]1NCc1cccc(C(=O)O)c1. The van der Waals surface area contributed by atoms with E-state index in [1.165, 1.54) is 12.8 Å². The highest BCUT2D eigenvalue weighted by Gasteiger charge is 2.24. The minimum atomic E-state index is -0.878. The van der Waals surface area contributed by atoms with Crippen LogP contribution in [-0.4, -0.2) is 29.8 Å². The lowest BCUT2D eigenvalue weighted by atomic mass is 9.92. The third-order valence-electron chi connectivity index (χ3n) is 3.83. The summed E-state index contributed by atoms with van der Waals surface area (Å²) in [5.74, 6) is -0.878.